The van der Waals surface area contributed by atoms with Gasteiger partial charge in [0.1, 0.15) is 6.61 Å². The number of hydrogen-bond acceptors (Lipinski definition) is 4. The average Bonchev–Trinajstić information content (AvgIpc) is 2.69. The van der Waals surface area contributed by atoms with Gasteiger partial charge in [-0.1, -0.05) is 0 Å². The Morgan fingerprint density at radius 3 is 2.11 bits per heavy atom. The minimum absolute atomic E-state index is 0.132. The van der Waals surface area contributed by atoms with Crippen LogP contribution in [0, 0.1) is 17.8 Å². The molecule has 1 N–H and O–H groups in total. The molecule has 5 nitrogen and oxygen atoms in total. The molecule has 0 aliphatic carbocycles. The molecule has 0 radical (unpaired) electrons. The van der Waals surface area contributed by atoms with Crippen LogP contribution in [0.4, 0.5) is 0 Å². The number of piperidine rings is 3. The molecule has 0 aromatic heterocycles. The highest BCUT2D eigenvalue weighted by Crippen LogP contribution is 2.30. The van der Waals surface area contributed by atoms with Gasteiger partial charge >= 0.3 is 0 Å². The van der Waals surface area contributed by atoms with Crippen molar-refractivity contribution in [1.82, 2.24) is 15.1 Å². The van der Waals surface area contributed by atoms with Crippen LogP contribution in [0.25, 0.3) is 0 Å². The number of carbonyl (C=O) groups is 1. The molecule has 156 valence electrons. The minimum Gasteiger partial charge on any atom is -0.369 e. The van der Waals surface area contributed by atoms with Crippen molar-refractivity contribution in [3.05, 3.63) is 0 Å². The van der Waals surface area contributed by atoms with Gasteiger partial charge in [0.25, 0.3) is 0 Å². The first kappa shape index (κ1) is 21.1. The molecule has 1 amide bonds. The molecular formula is C22H41N3O2. The second-order valence-electron chi connectivity index (χ2n) is 9.36. The normalized spacial score (nSPS) is 24.6. The smallest absolute Gasteiger partial charge is 0.248 e. The van der Waals surface area contributed by atoms with Crippen LogP contribution in [0.5, 0.6) is 0 Å². The van der Waals surface area contributed by atoms with E-state index in [9.17, 15) is 4.79 Å². The molecule has 27 heavy (non-hydrogen) atoms. The topological polar surface area (TPSA) is 44.8 Å². The van der Waals surface area contributed by atoms with Crippen LogP contribution in [0.2, 0.25) is 0 Å². The molecule has 0 unspecified atom stereocenters. The van der Waals surface area contributed by atoms with E-state index in [0.29, 0.717) is 0 Å². The Morgan fingerprint density at radius 2 is 1.52 bits per heavy atom. The molecule has 0 aromatic carbocycles. The molecule has 3 rings (SSSR count). The van der Waals surface area contributed by atoms with Crippen molar-refractivity contribution in [3.63, 3.8) is 0 Å². The van der Waals surface area contributed by atoms with E-state index in [1.807, 2.05) is 18.7 Å². The van der Waals surface area contributed by atoms with Crippen LogP contribution in [0.1, 0.15) is 58.8 Å². The zero-order valence-corrected chi connectivity index (χ0v) is 17.6. The summed E-state index contributed by atoms with van der Waals surface area (Å²) in [7, 11) is 0. The highest BCUT2D eigenvalue weighted by atomic mass is 16.5. The Kier molecular flexibility index (Phi) is 8.41. The first-order valence-electron chi connectivity index (χ1n) is 11.4. The lowest BCUT2D eigenvalue weighted by Crippen LogP contribution is -2.42. The third-order valence-electron chi connectivity index (χ3n) is 6.86. The third kappa shape index (κ3) is 7.03. The Labute approximate surface area is 166 Å². The van der Waals surface area contributed by atoms with Crippen molar-refractivity contribution in [3.8, 4) is 0 Å². The van der Waals surface area contributed by atoms with Gasteiger partial charge in [-0.25, -0.2) is 0 Å². The zero-order chi connectivity index (χ0) is 19.1. The van der Waals surface area contributed by atoms with E-state index in [0.717, 1.165) is 30.8 Å². The maximum Gasteiger partial charge on any atom is 0.248 e. The van der Waals surface area contributed by atoms with Gasteiger partial charge in [-0.2, -0.15) is 0 Å². The van der Waals surface area contributed by atoms with E-state index >= 15 is 0 Å². The van der Waals surface area contributed by atoms with E-state index in [1.165, 1.54) is 77.7 Å². The van der Waals surface area contributed by atoms with Gasteiger partial charge in [-0.05, 0) is 103 Å². The standard InChI is InChI=1S/C22H41N3O2/c1-18(2)27-17-22(26)25-13-7-20(8-14-25)15-19-5-11-24(12-6-19)16-21-3-9-23-10-4-21/h18-21,23H,3-17H2,1-2H3. The van der Waals surface area contributed by atoms with E-state index < -0.39 is 0 Å². The minimum atomic E-state index is 0.132. The van der Waals surface area contributed by atoms with Crippen LogP contribution in [-0.2, 0) is 9.53 Å². The fraction of sp³-hybridized carbons (Fsp3) is 0.955. The number of rotatable bonds is 7. The molecule has 0 saturated carbocycles. The third-order valence-corrected chi connectivity index (χ3v) is 6.86. The lowest BCUT2D eigenvalue weighted by atomic mass is 9.82. The molecule has 3 heterocycles. The summed E-state index contributed by atoms with van der Waals surface area (Å²) in [4.78, 5) is 16.9. The van der Waals surface area contributed by atoms with E-state index in [1.54, 1.807) is 0 Å². The van der Waals surface area contributed by atoms with Crippen molar-refractivity contribution >= 4 is 5.91 Å². The summed E-state index contributed by atoms with van der Waals surface area (Å²) in [6, 6.07) is 0. The monoisotopic (exact) mass is 379 g/mol. The van der Waals surface area contributed by atoms with Crippen molar-refractivity contribution in [2.24, 2.45) is 17.8 Å². The average molecular weight is 380 g/mol. The predicted octanol–water partition coefficient (Wildman–Crippen LogP) is 2.75. The molecule has 0 aromatic rings. The maximum atomic E-state index is 12.2. The SMILES string of the molecule is CC(C)OCC(=O)N1CCC(CC2CCN(CC3CCNCC3)CC2)CC1. The molecule has 3 saturated heterocycles. The number of ether oxygens (including phenoxy) is 1. The molecule has 3 aliphatic heterocycles. The molecule has 3 aliphatic rings. The van der Waals surface area contributed by atoms with Crippen LogP contribution in [0.15, 0.2) is 0 Å². The van der Waals surface area contributed by atoms with Gasteiger partial charge in [-0.3, -0.25) is 4.79 Å². The Bertz CT molecular complexity index is 435. The summed E-state index contributed by atoms with van der Waals surface area (Å²) in [5, 5.41) is 3.48. The van der Waals surface area contributed by atoms with Gasteiger partial charge in [0, 0.05) is 19.6 Å². The number of likely N-dealkylation sites (tertiary alicyclic amines) is 2. The van der Waals surface area contributed by atoms with Crippen LogP contribution in [-0.4, -0.2) is 74.2 Å². The largest absolute Gasteiger partial charge is 0.369 e. The molecular weight excluding hydrogens is 338 g/mol. The number of amides is 1. The summed E-state index contributed by atoms with van der Waals surface area (Å²) in [5.74, 6) is 2.82. The lowest BCUT2D eigenvalue weighted by Gasteiger charge is -2.38. The molecule has 0 spiro atoms. The van der Waals surface area contributed by atoms with Crippen molar-refractivity contribution in [1.29, 1.82) is 0 Å². The fourth-order valence-electron chi connectivity index (χ4n) is 5.05. The zero-order valence-electron chi connectivity index (χ0n) is 17.6. The number of nitrogens with zero attached hydrogens (tertiary/aromatic N) is 2. The second kappa shape index (κ2) is 10.8. The highest BCUT2D eigenvalue weighted by Gasteiger charge is 2.28. The van der Waals surface area contributed by atoms with Crippen LogP contribution in [0.3, 0.4) is 0 Å². The Morgan fingerprint density at radius 1 is 0.926 bits per heavy atom. The molecule has 0 atom stereocenters. The lowest BCUT2D eigenvalue weighted by molar-refractivity contribution is -0.139. The van der Waals surface area contributed by atoms with Gasteiger partial charge in [-0.15, -0.1) is 0 Å². The van der Waals surface area contributed by atoms with Gasteiger partial charge in [0.2, 0.25) is 5.91 Å². The summed E-state index contributed by atoms with van der Waals surface area (Å²) in [6.07, 6.45) is 9.36. The first-order chi connectivity index (χ1) is 13.1. The highest BCUT2D eigenvalue weighted by molar-refractivity contribution is 5.77. The summed E-state index contributed by atoms with van der Waals surface area (Å²) < 4.78 is 5.47. The molecule has 0 bridgehead atoms. The van der Waals surface area contributed by atoms with Crippen LogP contribution >= 0.6 is 0 Å². The van der Waals surface area contributed by atoms with Crippen molar-refractivity contribution in [2.45, 2.75) is 64.9 Å². The van der Waals surface area contributed by atoms with Crippen molar-refractivity contribution < 1.29 is 9.53 Å². The van der Waals surface area contributed by atoms with Crippen molar-refractivity contribution in [2.75, 3.05) is 52.4 Å². The quantitative estimate of drug-likeness (QED) is 0.739. The second-order valence-corrected chi connectivity index (χ2v) is 9.36. The molecule has 3 fully saturated rings. The summed E-state index contributed by atoms with van der Waals surface area (Å²) >= 11 is 0. The molecule has 5 heteroatoms. The van der Waals surface area contributed by atoms with Gasteiger partial charge < -0.3 is 19.9 Å². The van der Waals surface area contributed by atoms with E-state index in [-0.39, 0.29) is 18.6 Å². The number of carbonyl (C=O) groups excluding carboxylic acids is 1. The fourth-order valence-corrected chi connectivity index (χ4v) is 5.05. The van der Waals surface area contributed by atoms with Gasteiger partial charge in [0.15, 0.2) is 0 Å². The maximum absolute atomic E-state index is 12.2. The Balaban J connectivity index is 1.29. The van der Waals surface area contributed by atoms with Crippen LogP contribution < -0.4 is 5.32 Å². The number of hydrogen-bond donors (Lipinski definition) is 1. The Hall–Kier alpha value is -0.650. The summed E-state index contributed by atoms with van der Waals surface area (Å²) in [6.45, 7) is 12.4. The van der Waals surface area contributed by atoms with E-state index in [4.69, 9.17) is 4.74 Å². The van der Waals surface area contributed by atoms with Gasteiger partial charge in [0.05, 0.1) is 6.10 Å². The summed E-state index contributed by atoms with van der Waals surface area (Å²) in [5.41, 5.74) is 0. The first-order valence-corrected chi connectivity index (χ1v) is 11.4. The predicted molar refractivity (Wildman–Crippen MR) is 110 cm³/mol. The number of nitrogens with one attached hydrogen (secondary N) is 1. The van der Waals surface area contributed by atoms with E-state index in [2.05, 4.69) is 10.2 Å².